The fourth-order valence-electron chi connectivity index (χ4n) is 0.743. The van der Waals surface area contributed by atoms with Gasteiger partial charge in [0.2, 0.25) is 0 Å². The van der Waals surface area contributed by atoms with E-state index in [2.05, 4.69) is 5.32 Å². The van der Waals surface area contributed by atoms with Crippen molar-refractivity contribution < 1.29 is 13.6 Å². The number of alkyl halides is 2. The van der Waals surface area contributed by atoms with Gasteiger partial charge in [0.1, 0.15) is 0 Å². The second-order valence-corrected chi connectivity index (χ2v) is 2.90. The van der Waals surface area contributed by atoms with Crippen LogP contribution in [-0.2, 0) is 4.79 Å². The number of hydrogen-bond donors (Lipinski definition) is 2. The lowest BCUT2D eigenvalue weighted by molar-refractivity contribution is -0.132. The van der Waals surface area contributed by atoms with Gasteiger partial charge in [-0.3, -0.25) is 4.79 Å². The summed E-state index contributed by atoms with van der Waals surface area (Å²) in [5.41, 5.74) is 5.26. The zero-order valence-electron chi connectivity index (χ0n) is 7.18. The normalized spacial score (nSPS) is 13.6. The van der Waals surface area contributed by atoms with Gasteiger partial charge in [0.15, 0.2) is 0 Å². The zero-order valence-corrected chi connectivity index (χ0v) is 7.18. The van der Waals surface area contributed by atoms with Crippen molar-refractivity contribution in [3.8, 4) is 0 Å². The minimum absolute atomic E-state index is 0.0673. The number of amides is 1. The van der Waals surface area contributed by atoms with Crippen molar-refractivity contribution in [1.82, 2.24) is 5.32 Å². The monoisotopic (exact) mass is 180 g/mol. The second kappa shape index (κ2) is 5.03. The molecule has 0 saturated carbocycles. The average Bonchev–Trinajstić information content (AvgIpc) is 1.98. The van der Waals surface area contributed by atoms with Crippen LogP contribution in [0.4, 0.5) is 8.78 Å². The van der Waals surface area contributed by atoms with E-state index in [9.17, 15) is 13.6 Å². The van der Waals surface area contributed by atoms with Gasteiger partial charge in [0.05, 0.1) is 0 Å². The smallest absolute Gasteiger partial charge is 0.315 e. The number of nitrogens with two attached hydrogens (primary N) is 1. The van der Waals surface area contributed by atoms with Crippen LogP contribution in [-0.4, -0.2) is 24.9 Å². The Balaban J connectivity index is 3.94. The van der Waals surface area contributed by atoms with Gasteiger partial charge < -0.3 is 11.1 Å². The van der Waals surface area contributed by atoms with Crippen molar-refractivity contribution in [1.29, 1.82) is 0 Å². The Morgan fingerprint density at radius 3 is 2.25 bits per heavy atom. The highest BCUT2D eigenvalue weighted by Gasteiger charge is 2.20. The summed E-state index contributed by atoms with van der Waals surface area (Å²) in [6.45, 7) is 3.79. The molecule has 1 atom stereocenters. The third-order valence-electron chi connectivity index (χ3n) is 1.58. The average molecular weight is 180 g/mol. The highest BCUT2D eigenvalue weighted by Crippen LogP contribution is 2.01. The fourth-order valence-corrected chi connectivity index (χ4v) is 0.743. The molecule has 0 aliphatic rings. The van der Waals surface area contributed by atoms with Crippen LogP contribution in [0.5, 0.6) is 0 Å². The molecule has 72 valence electrons. The topological polar surface area (TPSA) is 55.1 Å². The first-order valence-corrected chi connectivity index (χ1v) is 3.77. The van der Waals surface area contributed by atoms with Gasteiger partial charge in [-0.15, -0.1) is 0 Å². The molecule has 0 radical (unpaired) electrons. The summed E-state index contributed by atoms with van der Waals surface area (Å²) in [5.74, 6) is -1.18. The van der Waals surface area contributed by atoms with E-state index in [1.165, 1.54) is 0 Å². The maximum atomic E-state index is 11.7. The van der Waals surface area contributed by atoms with E-state index in [4.69, 9.17) is 5.73 Å². The van der Waals surface area contributed by atoms with E-state index < -0.39 is 12.3 Å². The molecule has 0 saturated heterocycles. The van der Waals surface area contributed by atoms with E-state index in [1.807, 2.05) is 13.8 Å². The van der Waals surface area contributed by atoms with Crippen LogP contribution >= 0.6 is 0 Å². The Hall–Kier alpha value is -0.710. The van der Waals surface area contributed by atoms with Crippen molar-refractivity contribution in [3.05, 3.63) is 0 Å². The van der Waals surface area contributed by atoms with E-state index in [0.29, 0.717) is 0 Å². The van der Waals surface area contributed by atoms with Crippen LogP contribution in [0, 0.1) is 5.92 Å². The van der Waals surface area contributed by atoms with E-state index in [1.54, 1.807) is 0 Å². The van der Waals surface area contributed by atoms with E-state index >= 15 is 0 Å². The number of carbonyl (C=O) groups is 1. The van der Waals surface area contributed by atoms with Gasteiger partial charge in [0, 0.05) is 12.6 Å². The third kappa shape index (κ3) is 3.61. The number of halogens is 2. The Kier molecular flexibility index (Phi) is 4.73. The predicted octanol–water partition coefficient (Wildman–Crippen LogP) is 0.351. The molecule has 0 aromatic heterocycles. The highest BCUT2D eigenvalue weighted by molar-refractivity contribution is 5.79. The Labute approximate surface area is 70.3 Å². The fraction of sp³-hybridized carbons (Fsp3) is 0.857. The molecule has 0 bridgehead atoms. The van der Waals surface area contributed by atoms with Gasteiger partial charge >= 0.3 is 6.43 Å². The molecule has 3 nitrogen and oxygen atoms in total. The number of nitrogens with one attached hydrogen (secondary N) is 1. The van der Waals surface area contributed by atoms with Gasteiger partial charge in [-0.25, -0.2) is 0 Å². The molecule has 0 spiro atoms. The standard InChI is InChI=1S/C7H14F2N2O/c1-4(2)5(3-10)11-7(12)6(8)9/h4-6H,3,10H2,1-2H3,(H,11,12). The van der Waals surface area contributed by atoms with Crippen LogP contribution < -0.4 is 11.1 Å². The molecule has 1 unspecified atom stereocenters. The summed E-state index contributed by atoms with van der Waals surface area (Å²) in [7, 11) is 0. The minimum Gasteiger partial charge on any atom is -0.347 e. The quantitative estimate of drug-likeness (QED) is 0.656. The predicted molar refractivity (Wildman–Crippen MR) is 41.8 cm³/mol. The molecular weight excluding hydrogens is 166 g/mol. The van der Waals surface area contributed by atoms with Crippen molar-refractivity contribution in [3.63, 3.8) is 0 Å². The summed E-state index contributed by atoms with van der Waals surface area (Å²) in [6, 6.07) is -0.369. The SMILES string of the molecule is CC(C)C(CN)NC(=O)C(F)F. The van der Waals surface area contributed by atoms with Gasteiger partial charge in [-0.05, 0) is 5.92 Å². The molecule has 5 heteroatoms. The van der Waals surface area contributed by atoms with E-state index in [0.717, 1.165) is 0 Å². The number of hydrogen-bond acceptors (Lipinski definition) is 2. The van der Waals surface area contributed by atoms with Crippen molar-refractivity contribution in [2.24, 2.45) is 11.7 Å². The lowest BCUT2D eigenvalue weighted by atomic mass is 10.1. The Bertz CT molecular complexity index is 150. The van der Waals surface area contributed by atoms with Crippen LogP contribution in [0.3, 0.4) is 0 Å². The van der Waals surface area contributed by atoms with Crippen molar-refractivity contribution in [2.45, 2.75) is 26.3 Å². The number of rotatable bonds is 4. The molecule has 3 N–H and O–H groups in total. The second-order valence-electron chi connectivity index (χ2n) is 2.90. The molecule has 0 rings (SSSR count). The maximum Gasteiger partial charge on any atom is 0.315 e. The molecule has 0 aromatic carbocycles. The highest BCUT2D eigenvalue weighted by atomic mass is 19.3. The van der Waals surface area contributed by atoms with Crippen molar-refractivity contribution >= 4 is 5.91 Å². The Morgan fingerprint density at radius 1 is 1.50 bits per heavy atom. The molecule has 0 aromatic rings. The summed E-state index contributed by atoms with van der Waals surface area (Å²) >= 11 is 0. The van der Waals surface area contributed by atoms with Crippen LogP contribution in [0.2, 0.25) is 0 Å². The largest absolute Gasteiger partial charge is 0.347 e. The molecule has 1 amide bonds. The van der Waals surface area contributed by atoms with Crippen molar-refractivity contribution in [2.75, 3.05) is 6.54 Å². The van der Waals surface area contributed by atoms with Gasteiger partial charge in [-0.2, -0.15) is 8.78 Å². The molecular formula is C7H14F2N2O. The first kappa shape index (κ1) is 11.3. The minimum atomic E-state index is -2.96. The van der Waals surface area contributed by atoms with Gasteiger partial charge in [0.25, 0.3) is 5.91 Å². The first-order valence-electron chi connectivity index (χ1n) is 3.77. The third-order valence-corrected chi connectivity index (χ3v) is 1.58. The molecule has 0 fully saturated rings. The maximum absolute atomic E-state index is 11.7. The molecule has 0 heterocycles. The summed E-state index contributed by atoms with van der Waals surface area (Å²) in [6.07, 6.45) is -2.96. The molecule has 12 heavy (non-hydrogen) atoms. The van der Waals surface area contributed by atoms with Crippen LogP contribution in [0.1, 0.15) is 13.8 Å². The molecule has 0 aliphatic heterocycles. The van der Waals surface area contributed by atoms with Gasteiger partial charge in [-0.1, -0.05) is 13.8 Å². The molecule has 0 aliphatic carbocycles. The Morgan fingerprint density at radius 2 is 2.00 bits per heavy atom. The summed E-state index contributed by atoms with van der Waals surface area (Å²) in [5, 5.41) is 2.15. The van der Waals surface area contributed by atoms with E-state index in [-0.39, 0.29) is 18.5 Å². The zero-order chi connectivity index (χ0) is 9.72. The van der Waals surface area contributed by atoms with Crippen LogP contribution in [0.15, 0.2) is 0 Å². The lowest BCUT2D eigenvalue weighted by Crippen LogP contribution is -2.45. The van der Waals surface area contributed by atoms with Crippen LogP contribution in [0.25, 0.3) is 0 Å². The lowest BCUT2D eigenvalue weighted by Gasteiger charge is -2.19. The summed E-state index contributed by atoms with van der Waals surface area (Å²) in [4.78, 5) is 10.5. The number of carbonyl (C=O) groups excluding carboxylic acids is 1. The first-order chi connectivity index (χ1) is 5.49. The summed E-state index contributed by atoms with van der Waals surface area (Å²) < 4.78 is 23.5.